The van der Waals surface area contributed by atoms with E-state index in [-0.39, 0.29) is 17.1 Å². The first kappa shape index (κ1) is 19.2. The van der Waals surface area contributed by atoms with Crippen molar-refractivity contribution in [2.24, 2.45) is 0 Å². The first-order valence-electron chi connectivity index (χ1n) is 8.90. The molecule has 146 valence electrons. The van der Waals surface area contributed by atoms with E-state index in [1.165, 1.54) is 4.57 Å². The van der Waals surface area contributed by atoms with Crippen LogP contribution >= 0.6 is 11.8 Å². The average Bonchev–Trinajstić information content (AvgIpc) is 2.89. The van der Waals surface area contributed by atoms with Crippen LogP contribution < -0.4 is 5.56 Å². The standard InChI is InChI=1S/C20H20N2O4S2/c1-12-7-8-13(2)16(9-12)22-19(24)14-5-3-4-6-15(14)21-20(22)27-18-11-28(25,26)10-17(18)23/h3-9,17-18,23H,10-11H2,1-2H3/t17-,18+/m0/s1. The van der Waals surface area contributed by atoms with E-state index >= 15 is 0 Å². The fourth-order valence-electron chi connectivity index (χ4n) is 3.41. The summed E-state index contributed by atoms with van der Waals surface area (Å²) >= 11 is 1.15. The zero-order valence-electron chi connectivity index (χ0n) is 15.5. The fourth-order valence-corrected chi connectivity index (χ4v) is 7.00. The number of benzene rings is 2. The number of nitrogens with zero attached hydrogens (tertiary/aromatic N) is 2. The van der Waals surface area contributed by atoms with Crippen LogP contribution in [0, 0.1) is 13.8 Å². The van der Waals surface area contributed by atoms with Crippen LogP contribution in [0.15, 0.2) is 52.4 Å². The number of aliphatic hydroxyl groups is 1. The Bertz CT molecular complexity index is 1230. The lowest BCUT2D eigenvalue weighted by molar-refractivity contribution is 0.207. The summed E-state index contributed by atoms with van der Waals surface area (Å²) in [5.41, 5.74) is 2.96. The molecule has 0 radical (unpaired) electrons. The summed E-state index contributed by atoms with van der Waals surface area (Å²) in [5, 5.41) is 10.5. The molecule has 2 aromatic carbocycles. The van der Waals surface area contributed by atoms with Crippen molar-refractivity contribution >= 4 is 32.5 Å². The second-order valence-electron chi connectivity index (χ2n) is 7.14. The molecule has 0 aliphatic carbocycles. The van der Waals surface area contributed by atoms with Crippen LogP contribution in [0.2, 0.25) is 0 Å². The van der Waals surface area contributed by atoms with E-state index in [1.54, 1.807) is 24.3 Å². The van der Waals surface area contributed by atoms with E-state index in [2.05, 4.69) is 4.98 Å². The molecule has 3 aromatic rings. The SMILES string of the molecule is Cc1ccc(C)c(-n2c(S[C@@H]3CS(=O)(=O)C[C@@H]3O)nc3ccccc3c2=O)c1. The third-order valence-electron chi connectivity index (χ3n) is 4.88. The molecule has 0 saturated carbocycles. The van der Waals surface area contributed by atoms with Crippen LogP contribution in [0.4, 0.5) is 0 Å². The van der Waals surface area contributed by atoms with Crippen molar-refractivity contribution < 1.29 is 13.5 Å². The van der Waals surface area contributed by atoms with Gasteiger partial charge in [0.1, 0.15) is 0 Å². The predicted octanol–water partition coefficient (Wildman–Crippen LogP) is 2.25. The molecule has 4 rings (SSSR count). The fraction of sp³-hybridized carbons (Fsp3) is 0.300. The molecule has 1 aliphatic heterocycles. The molecule has 0 amide bonds. The van der Waals surface area contributed by atoms with E-state index < -0.39 is 21.2 Å². The summed E-state index contributed by atoms with van der Waals surface area (Å²) in [5.74, 6) is -0.389. The van der Waals surface area contributed by atoms with Crippen LogP contribution in [0.1, 0.15) is 11.1 Å². The molecule has 8 heteroatoms. The van der Waals surface area contributed by atoms with Crippen LogP contribution in [-0.2, 0) is 9.84 Å². The predicted molar refractivity (Wildman–Crippen MR) is 111 cm³/mol. The molecule has 2 heterocycles. The molecular weight excluding hydrogens is 396 g/mol. The minimum atomic E-state index is -3.30. The maximum Gasteiger partial charge on any atom is 0.266 e. The number of aryl methyl sites for hydroxylation is 2. The largest absolute Gasteiger partial charge is 0.391 e. The number of sulfone groups is 1. The van der Waals surface area contributed by atoms with Crippen LogP contribution in [0.3, 0.4) is 0 Å². The van der Waals surface area contributed by atoms with E-state index in [0.717, 1.165) is 22.9 Å². The molecule has 6 nitrogen and oxygen atoms in total. The number of aliphatic hydroxyl groups excluding tert-OH is 1. The molecule has 0 unspecified atom stereocenters. The van der Waals surface area contributed by atoms with E-state index in [9.17, 15) is 18.3 Å². The number of hydrogen-bond donors (Lipinski definition) is 1. The van der Waals surface area contributed by atoms with Crippen LogP contribution in [0.25, 0.3) is 16.6 Å². The Morgan fingerprint density at radius 3 is 2.61 bits per heavy atom. The molecule has 0 spiro atoms. The summed E-state index contributed by atoms with van der Waals surface area (Å²) in [7, 11) is -3.30. The highest BCUT2D eigenvalue weighted by molar-refractivity contribution is 8.01. The highest BCUT2D eigenvalue weighted by Gasteiger charge is 2.38. The third-order valence-corrected chi connectivity index (χ3v) is 8.07. The van der Waals surface area contributed by atoms with Gasteiger partial charge in [0, 0.05) is 0 Å². The first-order valence-corrected chi connectivity index (χ1v) is 11.6. The Hall–Kier alpha value is -2.16. The zero-order valence-corrected chi connectivity index (χ0v) is 17.1. The van der Waals surface area contributed by atoms with Crippen LogP contribution in [-0.4, -0.2) is 45.9 Å². The lowest BCUT2D eigenvalue weighted by atomic mass is 10.1. The van der Waals surface area contributed by atoms with E-state index in [4.69, 9.17) is 0 Å². The molecule has 28 heavy (non-hydrogen) atoms. The van der Waals surface area contributed by atoms with Gasteiger partial charge in [-0.05, 0) is 43.2 Å². The monoisotopic (exact) mass is 416 g/mol. The van der Waals surface area contributed by atoms with Gasteiger partial charge in [0.25, 0.3) is 5.56 Å². The second-order valence-corrected chi connectivity index (χ2v) is 10.5. The number of hydrogen-bond acceptors (Lipinski definition) is 6. The quantitative estimate of drug-likeness (QED) is 0.659. The average molecular weight is 417 g/mol. The number of thioether (sulfide) groups is 1. The number of aromatic nitrogens is 2. The van der Waals surface area contributed by atoms with Crippen molar-refractivity contribution in [1.82, 2.24) is 9.55 Å². The maximum absolute atomic E-state index is 13.3. The topological polar surface area (TPSA) is 89.3 Å². The summed E-state index contributed by atoms with van der Waals surface area (Å²) in [6, 6.07) is 12.9. The smallest absolute Gasteiger partial charge is 0.266 e. The van der Waals surface area contributed by atoms with Crippen molar-refractivity contribution in [3.8, 4) is 5.69 Å². The number of para-hydroxylation sites is 1. The van der Waals surface area contributed by atoms with Crippen molar-refractivity contribution in [2.45, 2.75) is 30.4 Å². The van der Waals surface area contributed by atoms with Gasteiger partial charge < -0.3 is 5.11 Å². The van der Waals surface area contributed by atoms with Crippen molar-refractivity contribution in [3.05, 3.63) is 63.9 Å². The minimum absolute atomic E-state index is 0.131. The third kappa shape index (κ3) is 3.47. The molecule has 1 saturated heterocycles. The van der Waals surface area contributed by atoms with Gasteiger partial charge >= 0.3 is 0 Å². The van der Waals surface area contributed by atoms with Gasteiger partial charge in [-0.3, -0.25) is 9.36 Å². The van der Waals surface area contributed by atoms with Gasteiger partial charge in [0.2, 0.25) is 0 Å². The molecular formula is C20H20N2O4S2. The van der Waals surface area contributed by atoms with Gasteiger partial charge in [0.05, 0.1) is 39.4 Å². The lowest BCUT2D eigenvalue weighted by Crippen LogP contribution is -2.26. The van der Waals surface area contributed by atoms with E-state index in [1.807, 2.05) is 32.0 Å². The Morgan fingerprint density at radius 2 is 1.89 bits per heavy atom. The molecule has 2 atom stereocenters. The Morgan fingerprint density at radius 1 is 1.14 bits per heavy atom. The summed E-state index contributed by atoms with van der Waals surface area (Å²) in [4.78, 5) is 18.0. The van der Waals surface area contributed by atoms with E-state index in [0.29, 0.717) is 21.7 Å². The van der Waals surface area contributed by atoms with Crippen molar-refractivity contribution in [1.29, 1.82) is 0 Å². The zero-order chi connectivity index (χ0) is 20.1. The molecule has 1 N–H and O–H groups in total. The van der Waals surface area contributed by atoms with Gasteiger partial charge in [0.15, 0.2) is 15.0 Å². The van der Waals surface area contributed by atoms with Gasteiger partial charge in [-0.1, -0.05) is 36.0 Å². The maximum atomic E-state index is 13.3. The van der Waals surface area contributed by atoms with Crippen molar-refractivity contribution in [2.75, 3.05) is 11.5 Å². The summed E-state index contributed by atoms with van der Waals surface area (Å²) in [6.45, 7) is 3.86. The van der Waals surface area contributed by atoms with Crippen LogP contribution in [0.5, 0.6) is 0 Å². The molecule has 1 aliphatic rings. The summed E-state index contributed by atoms with van der Waals surface area (Å²) in [6.07, 6.45) is -0.981. The highest BCUT2D eigenvalue weighted by atomic mass is 32.2. The Kier molecular flexibility index (Phi) is 4.81. The van der Waals surface area contributed by atoms with Gasteiger partial charge in [-0.25, -0.2) is 13.4 Å². The minimum Gasteiger partial charge on any atom is -0.391 e. The first-order chi connectivity index (χ1) is 13.2. The normalized spacial score (nSPS) is 21.2. The lowest BCUT2D eigenvalue weighted by Gasteiger charge is -2.18. The van der Waals surface area contributed by atoms with Crippen molar-refractivity contribution in [3.63, 3.8) is 0 Å². The molecule has 1 aromatic heterocycles. The van der Waals surface area contributed by atoms with Gasteiger partial charge in [-0.15, -0.1) is 0 Å². The summed E-state index contributed by atoms with van der Waals surface area (Å²) < 4.78 is 25.4. The molecule has 1 fully saturated rings. The molecule has 0 bridgehead atoms. The number of fused-ring (bicyclic) bond motifs is 1. The van der Waals surface area contributed by atoms with Gasteiger partial charge in [-0.2, -0.15) is 0 Å². The Labute approximate surface area is 167 Å². The highest BCUT2D eigenvalue weighted by Crippen LogP contribution is 2.32. The Balaban J connectivity index is 1.94. The second kappa shape index (κ2) is 7.02. The number of rotatable bonds is 3.